The molecule has 0 unspecified atom stereocenters. The Morgan fingerprint density at radius 3 is 2.50 bits per heavy atom. The molecule has 2 aromatic rings. The van der Waals surface area contributed by atoms with Gasteiger partial charge < -0.3 is 24.6 Å². The first-order valence-corrected chi connectivity index (χ1v) is 10.3. The number of hydrogen-bond acceptors (Lipinski definition) is 7. The van der Waals surface area contributed by atoms with Gasteiger partial charge >= 0.3 is 5.97 Å². The molecule has 0 aliphatic carbocycles. The van der Waals surface area contributed by atoms with Gasteiger partial charge in [-0.1, -0.05) is 0 Å². The van der Waals surface area contributed by atoms with E-state index >= 15 is 0 Å². The van der Waals surface area contributed by atoms with Gasteiger partial charge in [-0.2, -0.15) is 0 Å². The maximum Gasteiger partial charge on any atom is 0.354 e. The predicted octanol–water partition coefficient (Wildman–Crippen LogP) is 2.19. The number of ketones is 1. The number of carbonyl (C=O) groups is 3. The summed E-state index contributed by atoms with van der Waals surface area (Å²) in [5.74, 6) is -2.32. The lowest BCUT2D eigenvalue weighted by Gasteiger charge is -2.25. The van der Waals surface area contributed by atoms with Crippen molar-refractivity contribution in [1.29, 1.82) is 0 Å². The van der Waals surface area contributed by atoms with Crippen LogP contribution in [0.25, 0.3) is 5.76 Å². The van der Waals surface area contributed by atoms with Crippen molar-refractivity contribution in [3.05, 3.63) is 58.2 Å². The van der Waals surface area contributed by atoms with Crippen molar-refractivity contribution in [1.82, 2.24) is 19.8 Å². The second-order valence-corrected chi connectivity index (χ2v) is 8.05. The van der Waals surface area contributed by atoms with Crippen LogP contribution < -0.4 is 0 Å². The largest absolute Gasteiger partial charge is 0.507 e. The Morgan fingerprint density at radius 2 is 1.91 bits per heavy atom. The van der Waals surface area contributed by atoms with Gasteiger partial charge in [0.1, 0.15) is 11.5 Å². The van der Waals surface area contributed by atoms with E-state index in [2.05, 4.69) is 9.97 Å². The lowest BCUT2D eigenvalue weighted by atomic mass is 9.94. The van der Waals surface area contributed by atoms with Gasteiger partial charge in [0.2, 0.25) is 0 Å². The van der Waals surface area contributed by atoms with Gasteiger partial charge in [0, 0.05) is 30.2 Å². The number of carbonyl (C=O) groups excluding carboxylic acids is 3. The molecule has 2 aromatic heterocycles. The standard InChI is InChI=1S/C23H28N4O5/c1-13-16(14(2)25-18(13)23(31)32-5)20(28)17-19(15-7-9-24-10-8-15)27(22(30)21(17)29)12-6-11-26(3)4/h7-10,19,25,28H,6,11-12H2,1-5H3/t19-/m1/s1. The number of amides is 1. The minimum atomic E-state index is -0.756. The van der Waals surface area contributed by atoms with Crippen molar-refractivity contribution in [2.45, 2.75) is 26.3 Å². The average molecular weight is 441 g/mol. The number of nitrogens with one attached hydrogen (secondary N) is 1. The van der Waals surface area contributed by atoms with Crippen molar-refractivity contribution in [2.75, 3.05) is 34.3 Å². The summed E-state index contributed by atoms with van der Waals surface area (Å²) in [6.07, 6.45) is 3.82. The highest BCUT2D eigenvalue weighted by Crippen LogP contribution is 2.40. The third kappa shape index (κ3) is 4.16. The Hall–Kier alpha value is -3.46. The molecule has 0 saturated carbocycles. The zero-order valence-electron chi connectivity index (χ0n) is 18.9. The monoisotopic (exact) mass is 440 g/mol. The van der Waals surface area contributed by atoms with E-state index in [9.17, 15) is 19.5 Å². The first-order chi connectivity index (χ1) is 15.2. The molecule has 3 heterocycles. The summed E-state index contributed by atoms with van der Waals surface area (Å²) in [6.45, 7) is 4.43. The summed E-state index contributed by atoms with van der Waals surface area (Å²) < 4.78 is 4.79. The fourth-order valence-corrected chi connectivity index (χ4v) is 4.11. The molecule has 0 spiro atoms. The highest BCUT2D eigenvalue weighted by atomic mass is 16.5. The van der Waals surface area contributed by atoms with E-state index in [4.69, 9.17) is 4.74 Å². The van der Waals surface area contributed by atoms with Crippen LogP contribution in [0, 0.1) is 13.8 Å². The van der Waals surface area contributed by atoms with Crippen molar-refractivity contribution in [2.24, 2.45) is 0 Å². The van der Waals surface area contributed by atoms with E-state index in [1.54, 1.807) is 38.4 Å². The van der Waals surface area contributed by atoms with Gasteiger partial charge in [0.15, 0.2) is 0 Å². The topological polar surface area (TPSA) is 116 Å². The Bertz CT molecular complexity index is 1070. The number of hydrogen-bond donors (Lipinski definition) is 2. The van der Waals surface area contributed by atoms with Crippen LogP contribution in [0.15, 0.2) is 30.1 Å². The number of aliphatic hydroxyl groups excluding tert-OH is 1. The van der Waals surface area contributed by atoms with Crippen LogP contribution in [0.2, 0.25) is 0 Å². The van der Waals surface area contributed by atoms with Gasteiger partial charge in [-0.25, -0.2) is 4.79 Å². The Morgan fingerprint density at radius 1 is 1.25 bits per heavy atom. The SMILES string of the molecule is COC(=O)c1[nH]c(C)c(C(O)=C2C(=O)C(=O)N(CCCN(C)C)[C@@H]2c2ccncc2)c1C. The van der Waals surface area contributed by atoms with Crippen LogP contribution in [0.5, 0.6) is 0 Å². The first kappa shape index (κ1) is 23.2. The zero-order valence-corrected chi connectivity index (χ0v) is 18.9. The van der Waals surface area contributed by atoms with E-state index in [0.717, 1.165) is 6.54 Å². The smallest absolute Gasteiger partial charge is 0.354 e. The molecule has 1 fully saturated rings. The molecule has 1 aliphatic rings. The fourth-order valence-electron chi connectivity index (χ4n) is 4.11. The number of aryl methyl sites for hydroxylation is 1. The number of nitrogens with zero attached hydrogens (tertiary/aromatic N) is 3. The molecule has 1 saturated heterocycles. The lowest BCUT2D eigenvalue weighted by molar-refractivity contribution is -0.139. The summed E-state index contributed by atoms with van der Waals surface area (Å²) in [7, 11) is 5.13. The number of likely N-dealkylation sites (tertiary alicyclic amines) is 1. The highest BCUT2D eigenvalue weighted by Gasteiger charge is 2.46. The maximum atomic E-state index is 13.1. The summed E-state index contributed by atoms with van der Waals surface area (Å²) in [5.41, 5.74) is 2.10. The van der Waals surface area contributed by atoms with Gasteiger partial charge in [0.05, 0.1) is 18.7 Å². The molecule has 0 radical (unpaired) electrons. The molecule has 3 rings (SSSR count). The number of methoxy groups -OCH3 is 1. The number of aromatic nitrogens is 2. The number of ether oxygens (including phenoxy) is 1. The Balaban J connectivity index is 2.15. The van der Waals surface area contributed by atoms with Crippen LogP contribution in [0.1, 0.15) is 45.3 Å². The molecule has 1 amide bonds. The zero-order chi connectivity index (χ0) is 23.6. The summed E-state index contributed by atoms with van der Waals surface area (Å²) >= 11 is 0. The molecule has 32 heavy (non-hydrogen) atoms. The quantitative estimate of drug-likeness (QED) is 0.293. The van der Waals surface area contributed by atoms with Crippen molar-refractivity contribution < 1.29 is 24.2 Å². The molecule has 1 atom stereocenters. The van der Waals surface area contributed by atoms with Gasteiger partial charge in [0.25, 0.3) is 11.7 Å². The van der Waals surface area contributed by atoms with Crippen molar-refractivity contribution >= 4 is 23.4 Å². The minimum absolute atomic E-state index is 0.00679. The number of aromatic amines is 1. The van der Waals surface area contributed by atoms with Gasteiger partial charge in [-0.05, 0) is 64.2 Å². The van der Waals surface area contributed by atoms with E-state index in [0.29, 0.717) is 35.3 Å². The van der Waals surface area contributed by atoms with Crippen LogP contribution in [0.3, 0.4) is 0 Å². The van der Waals surface area contributed by atoms with Crippen LogP contribution in [0.4, 0.5) is 0 Å². The van der Waals surface area contributed by atoms with Crippen molar-refractivity contribution in [3.8, 4) is 0 Å². The second kappa shape index (κ2) is 9.35. The van der Waals surface area contributed by atoms with Crippen molar-refractivity contribution in [3.63, 3.8) is 0 Å². The second-order valence-electron chi connectivity index (χ2n) is 8.05. The normalized spacial score (nSPS) is 17.9. The summed E-state index contributed by atoms with van der Waals surface area (Å²) in [4.78, 5) is 48.6. The third-order valence-corrected chi connectivity index (χ3v) is 5.63. The number of aliphatic hydroxyl groups is 1. The molecule has 2 N–H and O–H groups in total. The molecular weight excluding hydrogens is 412 g/mol. The minimum Gasteiger partial charge on any atom is -0.507 e. The maximum absolute atomic E-state index is 13.1. The lowest BCUT2D eigenvalue weighted by Crippen LogP contribution is -2.32. The summed E-state index contributed by atoms with van der Waals surface area (Å²) in [6, 6.07) is 2.69. The van der Waals surface area contributed by atoms with Crippen LogP contribution in [-0.2, 0) is 14.3 Å². The fraction of sp³-hybridized carbons (Fsp3) is 0.391. The molecule has 9 heteroatoms. The molecule has 0 bridgehead atoms. The van der Waals surface area contributed by atoms with E-state index < -0.39 is 23.7 Å². The third-order valence-electron chi connectivity index (χ3n) is 5.63. The Kier molecular flexibility index (Phi) is 6.78. The number of Topliss-reactive ketones (excluding diaryl/α,β-unsaturated/α-hetero) is 1. The first-order valence-electron chi connectivity index (χ1n) is 10.3. The molecule has 170 valence electrons. The molecule has 9 nitrogen and oxygen atoms in total. The van der Waals surface area contributed by atoms with E-state index in [1.165, 1.54) is 12.0 Å². The predicted molar refractivity (Wildman–Crippen MR) is 118 cm³/mol. The van der Waals surface area contributed by atoms with E-state index in [-0.39, 0.29) is 17.0 Å². The number of rotatable bonds is 7. The van der Waals surface area contributed by atoms with Crippen LogP contribution >= 0.6 is 0 Å². The van der Waals surface area contributed by atoms with Gasteiger partial charge in [-0.15, -0.1) is 0 Å². The number of esters is 1. The highest BCUT2D eigenvalue weighted by molar-refractivity contribution is 6.46. The van der Waals surface area contributed by atoms with E-state index in [1.807, 2.05) is 19.0 Å². The molecular formula is C23H28N4O5. The Labute approximate surface area is 186 Å². The molecule has 1 aliphatic heterocycles. The number of pyridine rings is 1. The number of H-pyrrole nitrogens is 1. The molecule has 0 aromatic carbocycles. The van der Waals surface area contributed by atoms with Gasteiger partial charge in [-0.3, -0.25) is 14.6 Å². The summed E-state index contributed by atoms with van der Waals surface area (Å²) in [5, 5.41) is 11.3. The van der Waals surface area contributed by atoms with Crippen LogP contribution in [-0.4, -0.2) is 76.8 Å². The average Bonchev–Trinajstić information content (AvgIpc) is 3.20.